The minimum absolute atomic E-state index is 0.00385. The molecule has 2 aromatic heterocycles. The summed E-state index contributed by atoms with van der Waals surface area (Å²) in [7, 11) is 0. The standard InChI is InChI=1S/C48H32N2/c1-3-13-33(14-4-1)35-25-27-39(28-26-35)49-43-23-9-7-21-41(43)47-45(49)29-30-46-48(47)42-22-8-10-24-44(42)50(46)40-20-12-19-38(32-40)37-18-11-17-36(31-37)34-15-5-2-6-16-34/h1-32H/i1D,3D,4D,13D,14D,25D,26D,27D,28D. The first-order valence-electron chi connectivity index (χ1n) is 21.0. The van der Waals surface area contributed by atoms with Gasteiger partial charge in [-0.15, -0.1) is 0 Å². The van der Waals surface area contributed by atoms with Gasteiger partial charge in [0.2, 0.25) is 0 Å². The Morgan fingerprint density at radius 1 is 0.320 bits per heavy atom. The summed E-state index contributed by atoms with van der Waals surface area (Å²) in [6.45, 7) is 0. The maximum absolute atomic E-state index is 9.33. The first-order chi connectivity index (χ1) is 28.6. The lowest BCUT2D eigenvalue weighted by Gasteiger charge is -2.12. The van der Waals surface area contributed by atoms with Gasteiger partial charge in [-0.25, -0.2) is 0 Å². The highest BCUT2D eigenvalue weighted by Gasteiger charge is 2.20. The predicted octanol–water partition coefficient (Wildman–Crippen LogP) is 12.9. The van der Waals surface area contributed by atoms with Crippen LogP contribution in [0.5, 0.6) is 0 Å². The molecule has 2 heterocycles. The SMILES string of the molecule is [2H]c1c([2H])c([2H])c(-c2c([2H])c([2H])c(-n3c4ccccc4c4c5c6ccccc6n(-c6cccc(-c7cccc(-c8ccccc8)c7)c6)c5ccc43)c([2H])c2[2H])c([2H])c1[2H]. The van der Waals surface area contributed by atoms with Crippen LogP contribution in [0.4, 0.5) is 0 Å². The van der Waals surface area contributed by atoms with Crippen molar-refractivity contribution in [3.8, 4) is 44.8 Å². The molecule has 0 saturated carbocycles. The second kappa shape index (κ2) is 11.5. The zero-order valence-corrected chi connectivity index (χ0v) is 26.7. The van der Waals surface area contributed by atoms with E-state index in [2.05, 4.69) is 77.4 Å². The van der Waals surface area contributed by atoms with E-state index >= 15 is 0 Å². The zero-order valence-electron chi connectivity index (χ0n) is 35.7. The maximum Gasteiger partial charge on any atom is 0.0645 e. The Morgan fingerprint density at radius 2 is 0.820 bits per heavy atom. The summed E-state index contributed by atoms with van der Waals surface area (Å²) in [5, 5.41) is 3.71. The summed E-state index contributed by atoms with van der Waals surface area (Å²) < 4.78 is 82.5. The average Bonchev–Trinajstić information content (AvgIpc) is 3.79. The molecule has 0 aliphatic carbocycles. The summed E-state index contributed by atoms with van der Waals surface area (Å²) in [6, 6.07) is 42.4. The van der Waals surface area contributed by atoms with Gasteiger partial charge in [0, 0.05) is 32.9 Å². The Hall–Kier alpha value is -6.64. The van der Waals surface area contributed by atoms with Crippen LogP contribution in [-0.4, -0.2) is 9.13 Å². The van der Waals surface area contributed by atoms with Crippen molar-refractivity contribution < 1.29 is 12.3 Å². The highest BCUT2D eigenvalue weighted by atomic mass is 15.0. The van der Waals surface area contributed by atoms with Gasteiger partial charge in [-0.2, -0.15) is 0 Å². The molecule has 0 spiro atoms. The van der Waals surface area contributed by atoms with Crippen molar-refractivity contribution in [1.29, 1.82) is 0 Å². The number of aromatic nitrogens is 2. The van der Waals surface area contributed by atoms with E-state index in [0.29, 0.717) is 11.0 Å². The second-order valence-electron chi connectivity index (χ2n) is 12.3. The Morgan fingerprint density at radius 3 is 1.48 bits per heavy atom. The molecule has 0 bridgehead atoms. The molecule has 50 heavy (non-hydrogen) atoms. The molecule has 0 unspecified atom stereocenters. The molecule has 2 heteroatoms. The van der Waals surface area contributed by atoms with Crippen molar-refractivity contribution in [3.05, 3.63) is 194 Å². The van der Waals surface area contributed by atoms with E-state index in [4.69, 9.17) is 9.60 Å². The second-order valence-corrected chi connectivity index (χ2v) is 12.3. The smallest absolute Gasteiger partial charge is 0.0645 e. The van der Waals surface area contributed by atoms with Crippen molar-refractivity contribution in [2.75, 3.05) is 0 Å². The third-order valence-electron chi connectivity index (χ3n) is 9.46. The van der Waals surface area contributed by atoms with Crippen LogP contribution < -0.4 is 0 Å². The molecular weight excluding hydrogens is 605 g/mol. The van der Waals surface area contributed by atoms with Crippen LogP contribution >= 0.6 is 0 Å². The molecule has 0 aliphatic rings. The lowest BCUT2D eigenvalue weighted by Crippen LogP contribution is -1.95. The van der Waals surface area contributed by atoms with Gasteiger partial charge in [0.15, 0.2) is 0 Å². The number of nitrogens with zero attached hydrogens (tertiary/aromatic N) is 2. The van der Waals surface area contributed by atoms with E-state index in [1.807, 2.05) is 66.7 Å². The fourth-order valence-corrected chi connectivity index (χ4v) is 7.29. The van der Waals surface area contributed by atoms with Crippen molar-refractivity contribution in [2.24, 2.45) is 0 Å². The fourth-order valence-electron chi connectivity index (χ4n) is 7.29. The Bertz CT molecular complexity index is 3330. The molecule has 0 aliphatic heterocycles. The third-order valence-corrected chi connectivity index (χ3v) is 9.46. The van der Waals surface area contributed by atoms with Gasteiger partial charge in [0.1, 0.15) is 0 Å². The Labute approximate surface area is 303 Å². The van der Waals surface area contributed by atoms with Gasteiger partial charge in [-0.1, -0.05) is 139 Å². The maximum atomic E-state index is 9.33. The summed E-state index contributed by atoms with van der Waals surface area (Å²) in [4.78, 5) is 0. The van der Waals surface area contributed by atoms with Gasteiger partial charge < -0.3 is 9.13 Å². The first-order valence-corrected chi connectivity index (χ1v) is 16.5. The number of para-hydroxylation sites is 2. The Kier molecular flexibility index (Phi) is 4.76. The van der Waals surface area contributed by atoms with Crippen LogP contribution in [0, 0.1) is 0 Å². The first kappa shape index (κ1) is 20.7. The van der Waals surface area contributed by atoms with Crippen LogP contribution in [-0.2, 0) is 0 Å². The number of hydrogen-bond donors (Lipinski definition) is 0. The van der Waals surface area contributed by atoms with E-state index < -0.39 is 54.4 Å². The van der Waals surface area contributed by atoms with E-state index in [1.54, 1.807) is 4.57 Å². The van der Waals surface area contributed by atoms with Gasteiger partial charge in [0.05, 0.1) is 34.4 Å². The van der Waals surface area contributed by atoms with Crippen molar-refractivity contribution in [1.82, 2.24) is 9.13 Å². The van der Waals surface area contributed by atoms with Crippen LogP contribution in [0.3, 0.4) is 0 Å². The molecule has 10 rings (SSSR count). The van der Waals surface area contributed by atoms with Gasteiger partial charge in [-0.05, 0) is 87.9 Å². The molecule has 0 atom stereocenters. The predicted molar refractivity (Wildman–Crippen MR) is 211 cm³/mol. The molecule has 0 fully saturated rings. The molecule has 0 N–H and O–H groups in total. The van der Waals surface area contributed by atoms with Gasteiger partial charge >= 0.3 is 0 Å². The number of hydrogen-bond acceptors (Lipinski definition) is 0. The minimum Gasteiger partial charge on any atom is -0.309 e. The quantitative estimate of drug-likeness (QED) is 0.176. The monoisotopic (exact) mass is 645 g/mol. The van der Waals surface area contributed by atoms with Gasteiger partial charge in [0.25, 0.3) is 0 Å². The van der Waals surface area contributed by atoms with E-state index in [9.17, 15) is 2.74 Å². The molecule has 0 amide bonds. The largest absolute Gasteiger partial charge is 0.309 e. The van der Waals surface area contributed by atoms with Crippen LogP contribution in [0.25, 0.3) is 88.4 Å². The summed E-state index contributed by atoms with van der Waals surface area (Å²) >= 11 is 0. The summed E-state index contributed by atoms with van der Waals surface area (Å²) in [6.07, 6.45) is 0. The highest BCUT2D eigenvalue weighted by Crippen LogP contribution is 2.42. The number of rotatable bonds is 5. The Balaban J connectivity index is 1.22. The van der Waals surface area contributed by atoms with Crippen molar-refractivity contribution in [2.45, 2.75) is 0 Å². The van der Waals surface area contributed by atoms with Crippen molar-refractivity contribution >= 4 is 43.6 Å². The molecule has 0 saturated heterocycles. The number of fused-ring (bicyclic) bond motifs is 7. The average molecular weight is 646 g/mol. The summed E-state index contributed by atoms with van der Waals surface area (Å²) in [5.74, 6) is 0. The van der Waals surface area contributed by atoms with E-state index in [1.165, 1.54) is 0 Å². The molecule has 10 aromatic rings. The molecular formula is C48H32N2. The fraction of sp³-hybridized carbons (Fsp3) is 0. The van der Waals surface area contributed by atoms with Crippen LogP contribution in [0.1, 0.15) is 12.3 Å². The lowest BCUT2D eigenvalue weighted by molar-refractivity contribution is 1.17. The minimum atomic E-state index is -0.614. The third kappa shape index (κ3) is 4.50. The zero-order chi connectivity index (χ0) is 40.9. The van der Waals surface area contributed by atoms with Crippen LogP contribution in [0.2, 0.25) is 0 Å². The lowest BCUT2D eigenvalue weighted by atomic mass is 9.99. The normalized spacial score (nSPS) is 14.1. The summed E-state index contributed by atoms with van der Waals surface area (Å²) in [5.41, 5.74) is 7.99. The van der Waals surface area contributed by atoms with Gasteiger partial charge in [-0.3, -0.25) is 0 Å². The molecule has 234 valence electrons. The van der Waals surface area contributed by atoms with E-state index in [0.717, 1.165) is 60.5 Å². The molecule has 0 radical (unpaired) electrons. The number of benzene rings is 8. The highest BCUT2D eigenvalue weighted by molar-refractivity contribution is 6.28. The molecule has 2 nitrogen and oxygen atoms in total. The van der Waals surface area contributed by atoms with Crippen LogP contribution in [0.15, 0.2) is 194 Å². The van der Waals surface area contributed by atoms with Crippen molar-refractivity contribution in [3.63, 3.8) is 0 Å². The topological polar surface area (TPSA) is 9.86 Å². The van der Waals surface area contributed by atoms with E-state index in [-0.39, 0.29) is 16.8 Å². The molecule has 8 aromatic carbocycles.